The summed E-state index contributed by atoms with van der Waals surface area (Å²) in [6.45, 7) is 5.85. The molecular weight excluding hydrogens is 216 g/mol. The van der Waals surface area contributed by atoms with Crippen molar-refractivity contribution in [3.05, 3.63) is 0 Å². The van der Waals surface area contributed by atoms with Gasteiger partial charge in [-0.1, -0.05) is 20.3 Å². The molecule has 2 heterocycles. The lowest BCUT2D eigenvalue weighted by atomic mass is 9.78. The van der Waals surface area contributed by atoms with E-state index in [4.69, 9.17) is 9.47 Å². The van der Waals surface area contributed by atoms with E-state index in [1.807, 2.05) is 0 Å². The second-order valence-corrected chi connectivity index (χ2v) is 5.62. The third-order valence-corrected chi connectivity index (χ3v) is 4.35. The van der Waals surface area contributed by atoms with Crippen molar-refractivity contribution in [2.75, 3.05) is 13.2 Å². The molecule has 0 spiro atoms. The molecule has 0 amide bonds. The summed E-state index contributed by atoms with van der Waals surface area (Å²) in [5, 5.41) is 11.0. The van der Waals surface area contributed by atoms with Gasteiger partial charge >= 0.3 is 0 Å². The molecule has 3 unspecified atom stereocenters. The Morgan fingerprint density at radius 3 is 2.65 bits per heavy atom. The van der Waals surface area contributed by atoms with Crippen LogP contribution in [0.1, 0.15) is 52.4 Å². The third-order valence-electron chi connectivity index (χ3n) is 4.35. The minimum atomic E-state index is -1.04. The van der Waals surface area contributed by atoms with Crippen molar-refractivity contribution in [1.29, 1.82) is 0 Å². The van der Waals surface area contributed by atoms with Crippen LogP contribution >= 0.6 is 0 Å². The molecule has 100 valence electrons. The highest BCUT2D eigenvalue weighted by Gasteiger charge is 2.49. The van der Waals surface area contributed by atoms with Crippen LogP contribution < -0.4 is 0 Å². The smallest absolute Gasteiger partial charge is 0.195 e. The van der Waals surface area contributed by atoms with Gasteiger partial charge in [0.05, 0.1) is 6.61 Å². The third kappa shape index (κ3) is 2.67. The standard InChI is InChI=1S/C14H26O3/c1-3-6-12-11(2)7-4-10-17-14(12,15)13-8-5-9-16-13/h11-13,15H,3-10H2,1-2H3/t11?,12?,13?,14-/m0/s1. The fourth-order valence-corrected chi connectivity index (χ4v) is 3.39. The van der Waals surface area contributed by atoms with E-state index in [0.717, 1.165) is 45.1 Å². The van der Waals surface area contributed by atoms with Crippen LogP contribution in [0.5, 0.6) is 0 Å². The Hall–Kier alpha value is -0.120. The van der Waals surface area contributed by atoms with Gasteiger partial charge < -0.3 is 14.6 Å². The Kier molecular flexibility index (Phi) is 4.45. The Labute approximate surface area is 104 Å². The van der Waals surface area contributed by atoms with E-state index in [-0.39, 0.29) is 12.0 Å². The maximum Gasteiger partial charge on any atom is 0.195 e. The molecule has 17 heavy (non-hydrogen) atoms. The second kappa shape index (κ2) is 5.68. The molecule has 0 aromatic heterocycles. The first-order valence-corrected chi connectivity index (χ1v) is 7.16. The lowest BCUT2D eigenvalue weighted by Gasteiger charge is -2.40. The summed E-state index contributed by atoms with van der Waals surface area (Å²) in [5.41, 5.74) is 0. The summed E-state index contributed by atoms with van der Waals surface area (Å²) in [7, 11) is 0. The van der Waals surface area contributed by atoms with E-state index in [0.29, 0.717) is 12.5 Å². The van der Waals surface area contributed by atoms with Gasteiger partial charge in [0.2, 0.25) is 0 Å². The molecule has 0 bridgehead atoms. The molecule has 2 fully saturated rings. The summed E-state index contributed by atoms with van der Waals surface area (Å²) in [6, 6.07) is 0. The minimum absolute atomic E-state index is 0.111. The van der Waals surface area contributed by atoms with Crippen molar-refractivity contribution in [1.82, 2.24) is 0 Å². The normalized spacial score (nSPS) is 43.6. The van der Waals surface area contributed by atoms with Crippen LogP contribution in [0.3, 0.4) is 0 Å². The van der Waals surface area contributed by atoms with E-state index in [9.17, 15) is 5.11 Å². The average molecular weight is 242 g/mol. The van der Waals surface area contributed by atoms with Crippen LogP contribution in [0.2, 0.25) is 0 Å². The Morgan fingerprint density at radius 2 is 2.00 bits per heavy atom. The van der Waals surface area contributed by atoms with Gasteiger partial charge in [0, 0.05) is 12.5 Å². The lowest BCUT2D eigenvalue weighted by Crippen LogP contribution is -2.52. The summed E-state index contributed by atoms with van der Waals surface area (Å²) in [5.74, 6) is -0.299. The van der Waals surface area contributed by atoms with Gasteiger partial charge in [-0.25, -0.2) is 0 Å². The molecule has 3 nitrogen and oxygen atoms in total. The van der Waals surface area contributed by atoms with E-state index in [1.54, 1.807) is 0 Å². The summed E-state index contributed by atoms with van der Waals surface area (Å²) < 4.78 is 11.5. The van der Waals surface area contributed by atoms with Crippen molar-refractivity contribution >= 4 is 0 Å². The Morgan fingerprint density at radius 1 is 1.24 bits per heavy atom. The zero-order chi connectivity index (χ0) is 12.3. The predicted molar refractivity (Wildman–Crippen MR) is 66.7 cm³/mol. The van der Waals surface area contributed by atoms with Crippen LogP contribution in [0.4, 0.5) is 0 Å². The predicted octanol–water partition coefficient (Wildman–Crippen LogP) is 2.72. The van der Waals surface area contributed by atoms with Crippen molar-refractivity contribution in [3.63, 3.8) is 0 Å². The molecule has 3 heteroatoms. The average Bonchev–Trinajstić information content (AvgIpc) is 2.81. The van der Waals surface area contributed by atoms with Crippen LogP contribution in [0.15, 0.2) is 0 Å². The van der Waals surface area contributed by atoms with Crippen molar-refractivity contribution in [3.8, 4) is 0 Å². The van der Waals surface area contributed by atoms with Crippen LogP contribution in [0.25, 0.3) is 0 Å². The number of aliphatic hydroxyl groups is 1. The quantitative estimate of drug-likeness (QED) is 0.827. The first kappa shape index (κ1) is 13.3. The van der Waals surface area contributed by atoms with Gasteiger partial charge in [0.1, 0.15) is 6.10 Å². The molecule has 0 aliphatic carbocycles. The number of hydrogen-bond acceptors (Lipinski definition) is 3. The molecule has 0 saturated carbocycles. The monoisotopic (exact) mass is 242 g/mol. The van der Waals surface area contributed by atoms with Crippen molar-refractivity contribution in [2.24, 2.45) is 11.8 Å². The molecule has 2 saturated heterocycles. The largest absolute Gasteiger partial charge is 0.373 e. The molecule has 0 radical (unpaired) electrons. The van der Waals surface area contributed by atoms with E-state index < -0.39 is 5.79 Å². The molecule has 2 aliphatic rings. The number of hydrogen-bond donors (Lipinski definition) is 1. The Bertz CT molecular complexity index is 238. The van der Waals surface area contributed by atoms with E-state index in [1.165, 1.54) is 0 Å². The van der Waals surface area contributed by atoms with E-state index in [2.05, 4.69) is 13.8 Å². The molecule has 2 aliphatic heterocycles. The highest BCUT2D eigenvalue weighted by atomic mass is 16.7. The molecular formula is C14H26O3. The maximum absolute atomic E-state index is 11.0. The fraction of sp³-hybridized carbons (Fsp3) is 1.00. The van der Waals surface area contributed by atoms with Gasteiger partial charge in [-0.3, -0.25) is 0 Å². The first-order valence-electron chi connectivity index (χ1n) is 7.16. The van der Waals surface area contributed by atoms with Crippen LogP contribution in [-0.2, 0) is 9.47 Å². The number of rotatable bonds is 3. The number of ether oxygens (including phenoxy) is 2. The van der Waals surface area contributed by atoms with Gasteiger partial charge in [0.25, 0.3) is 0 Å². The lowest BCUT2D eigenvalue weighted by molar-refractivity contribution is -0.288. The molecule has 1 N–H and O–H groups in total. The van der Waals surface area contributed by atoms with Gasteiger partial charge in [-0.05, 0) is 38.0 Å². The van der Waals surface area contributed by atoms with Gasteiger partial charge in [0.15, 0.2) is 5.79 Å². The topological polar surface area (TPSA) is 38.7 Å². The summed E-state index contributed by atoms with van der Waals surface area (Å²) in [6.07, 6.45) is 6.19. The van der Waals surface area contributed by atoms with E-state index >= 15 is 0 Å². The van der Waals surface area contributed by atoms with Crippen molar-refractivity contribution < 1.29 is 14.6 Å². The first-order chi connectivity index (χ1) is 8.18. The molecule has 4 atom stereocenters. The highest BCUT2D eigenvalue weighted by Crippen LogP contribution is 2.41. The summed E-state index contributed by atoms with van der Waals surface area (Å²) in [4.78, 5) is 0. The maximum atomic E-state index is 11.0. The summed E-state index contributed by atoms with van der Waals surface area (Å²) >= 11 is 0. The molecule has 0 aromatic rings. The SMILES string of the molecule is CCCC1C(C)CCCO[C@]1(O)C1CCCO1. The molecule has 2 rings (SSSR count). The minimum Gasteiger partial charge on any atom is -0.373 e. The highest BCUT2D eigenvalue weighted by molar-refractivity contribution is 4.91. The molecule has 0 aromatic carbocycles. The fourth-order valence-electron chi connectivity index (χ4n) is 3.39. The second-order valence-electron chi connectivity index (χ2n) is 5.62. The van der Waals surface area contributed by atoms with Crippen LogP contribution in [0, 0.1) is 11.8 Å². The van der Waals surface area contributed by atoms with Gasteiger partial charge in [-0.15, -0.1) is 0 Å². The Balaban J connectivity index is 2.17. The van der Waals surface area contributed by atoms with Gasteiger partial charge in [-0.2, -0.15) is 0 Å². The van der Waals surface area contributed by atoms with Crippen LogP contribution in [-0.4, -0.2) is 30.2 Å². The van der Waals surface area contributed by atoms with Crippen molar-refractivity contribution in [2.45, 2.75) is 64.3 Å². The zero-order valence-electron chi connectivity index (χ0n) is 11.2. The zero-order valence-corrected chi connectivity index (χ0v) is 11.2.